The van der Waals surface area contributed by atoms with E-state index in [0.717, 1.165) is 19.1 Å². The normalized spacial score (nSPS) is 28.0. The van der Waals surface area contributed by atoms with Crippen LogP contribution in [-0.2, 0) is 24.4 Å². The largest absolute Gasteiger partial charge is 0.343 e. The first-order valence-corrected chi connectivity index (χ1v) is 8.75. The summed E-state index contributed by atoms with van der Waals surface area (Å²) in [6.45, 7) is 0.312. The van der Waals surface area contributed by atoms with E-state index in [-0.39, 0.29) is 18.7 Å². The average molecular weight is 317 g/mol. The number of imide groups is 1. The molecule has 2 aliphatic heterocycles. The van der Waals surface area contributed by atoms with Crippen molar-refractivity contribution in [1.82, 2.24) is 14.9 Å². The van der Waals surface area contributed by atoms with Gasteiger partial charge in [-0.1, -0.05) is 6.42 Å². The van der Waals surface area contributed by atoms with Gasteiger partial charge in [-0.3, -0.25) is 19.7 Å². The van der Waals surface area contributed by atoms with Crippen LogP contribution in [0.3, 0.4) is 0 Å². The first-order valence-electron chi connectivity index (χ1n) is 6.90. The molecule has 2 heterocycles. The molecule has 2 atom stereocenters. The van der Waals surface area contributed by atoms with Gasteiger partial charge in [-0.25, -0.2) is 8.42 Å². The first-order chi connectivity index (χ1) is 9.79. The van der Waals surface area contributed by atoms with Crippen molar-refractivity contribution in [2.24, 2.45) is 0 Å². The number of carbonyl (C=O) groups excluding carboxylic acids is 3. The Morgan fingerprint density at radius 1 is 1.29 bits per heavy atom. The van der Waals surface area contributed by atoms with Crippen molar-refractivity contribution < 1.29 is 22.8 Å². The molecule has 2 N–H and O–H groups in total. The van der Waals surface area contributed by atoms with Crippen LogP contribution in [0.4, 0.5) is 0 Å². The van der Waals surface area contributed by atoms with E-state index in [2.05, 4.69) is 10.6 Å². The predicted molar refractivity (Wildman–Crippen MR) is 73.5 cm³/mol. The Balaban J connectivity index is 2.04. The van der Waals surface area contributed by atoms with Gasteiger partial charge < -0.3 is 5.32 Å². The maximum atomic E-state index is 12.3. The highest BCUT2D eigenvalue weighted by atomic mass is 32.2. The van der Waals surface area contributed by atoms with E-state index in [1.807, 2.05) is 0 Å². The summed E-state index contributed by atoms with van der Waals surface area (Å²) in [6, 6.07) is -1.56. The molecule has 3 amide bonds. The lowest BCUT2D eigenvalue weighted by molar-refractivity contribution is -0.138. The molecule has 0 spiro atoms. The number of nitrogens with zero attached hydrogens (tertiary/aromatic N) is 1. The van der Waals surface area contributed by atoms with Gasteiger partial charge in [0.05, 0.1) is 6.26 Å². The van der Waals surface area contributed by atoms with Gasteiger partial charge in [0, 0.05) is 13.0 Å². The molecule has 0 bridgehead atoms. The molecule has 2 unspecified atom stereocenters. The lowest BCUT2D eigenvalue weighted by Gasteiger charge is -2.33. The van der Waals surface area contributed by atoms with E-state index < -0.39 is 33.9 Å². The molecule has 2 fully saturated rings. The topological polar surface area (TPSA) is 113 Å². The van der Waals surface area contributed by atoms with Crippen LogP contribution in [0.5, 0.6) is 0 Å². The second-order valence-corrected chi connectivity index (χ2v) is 7.33. The second-order valence-electron chi connectivity index (χ2n) is 5.40. The maximum Gasteiger partial charge on any atom is 0.249 e. The third-order valence-corrected chi connectivity index (χ3v) is 5.03. The van der Waals surface area contributed by atoms with Gasteiger partial charge in [0.25, 0.3) is 0 Å². The minimum absolute atomic E-state index is 0.164. The van der Waals surface area contributed by atoms with Crippen LogP contribution < -0.4 is 10.6 Å². The fraction of sp³-hybridized carbons (Fsp3) is 0.750. The number of rotatable bonds is 3. The highest BCUT2D eigenvalue weighted by Crippen LogP contribution is 2.20. The van der Waals surface area contributed by atoms with Gasteiger partial charge in [-0.15, -0.1) is 0 Å². The number of nitrogens with one attached hydrogen (secondary N) is 2. The third-order valence-electron chi connectivity index (χ3n) is 3.74. The molecule has 0 aromatic heterocycles. The number of hydrogen-bond donors (Lipinski definition) is 2. The first kappa shape index (κ1) is 15.9. The highest BCUT2D eigenvalue weighted by molar-refractivity contribution is 7.88. The number of amides is 3. The Kier molecular flexibility index (Phi) is 4.62. The van der Waals surface area contributed by atoms with Crippen LogP contribution >= 0.6 is 0 Å². The van der Waals surface area contributed by atoms with E-state index in [1.165, 1.54) is 4.31 Å². The van der Waals surface area contributed by atoms with E-state index in [1.54, 1.807) is 0 Å². The standard InChI is InChI=1S/C12H19N3O5S/c1-21(19,20)15-7-3-2-4-9(15)12(18)13-8-5-6-10(16)14-11(8)17/h8-9H,2-7H2,1H3,(H,13,18)(H,14,16,17). The fourth-order valence-corrected chi connectivity index (χ4v) is 3.79. The lowest BCUT2D eigenvalue weighted by atomic mass is 10.0. The van der Waals surface area contributed by atoms with Gasteiger partial charge in [-0.05, 0) is 19.3 Å². The van der Waals surface area contributed by atoms with Crippen LogP contribution in [-0.4, -0.2) is 55.3 Å². The van der Waals surface area contributed by atoms with E-state index in [0.29, 0.717) is 13.0 Å². The number of sulfonamides is 1. The molecule has 21 heavy (non-hydrogen) atoms. The fourth-order valence-electron chi connectivity index (χ4n) is 2.66. The van der Waals surface area contributed by atoms with Gasteiger partial charge >= 0.3 is 0 Å². The van der Waals surface area contributed by atoms with Crippen molar-refractivity contribution in [3.8, 4) is 0 Å². The summed E-state index contributed by atoms with van der Waals surface area (Å²) < 4.78 is 24.6. The summed E-state index contributed by atoms with van der Waals surface area (Å²) in [7, 11) is -3.47. The summed E-state index contributed by atoms with van der Waals surface area (Å²) in [4.78, 5) is 34.9. The molecule has 9 heteroatoms. The monoisotopic (exact) mass is 317 g/mol. The molecular formula is C12H19N3O5S. The molecule has 0 aliphatic carbocycles. The molecule has 2 saturated heterocycles. The molecule has 0 radical (unpaired) electrons. The quantitative estimate of drug-likeness (QED) is 0.630. The molecule has 0 aromatic carbocycles. The van der Waals surface area contributed by atoms with Crippen LogP contribution in [0, 0.1) is 0 Å². The SMILES string of the molecule is CS(=O)(=O)N1CCCCC1C(=O)NC1CCC(=O)NC1=O. The van der Waals surface area contributed by atoms with Crippen molar-refractivity contribution in [2.45, 2.75) is 44.2 Å². The minimum Gasteiger partial charge on any atom is -0.343 e. The molecule has 118 valence electrons. The minimum atomic E-state index is -3.47. The average Bonchev–Trinajstić information content (AvgIpc) is 2.41. The molecule has 2 aliphatic rings. The van der Waals surface area contributed by atoms with E-state index in [4.69, 9.17) is 0 Å². The second kappa shape index (κ2) is 6.10. The van der Waals surface area contributed by atoms with Crippen molar-refractivity contribution in [3.05, 3.63) is 0 Å². The summed E-state index contributed by atoms with van der Waals surface area (Å²) in [5.74, 6) is -1.38. The van der Waals surface area contributed by atoms with Crippen LogP contribution in [0.25, 0.3) is 0 Å². The van der Waals surface area contributed by atoms with Crippen LogP contribution in [0.2, 0.25) is 0 Å². The van der Waals surface area contributed by atoms with E-state index >= 15 is 0 Å². The molecule has 0 aromatic rings. The summed E-state index contributed by atoms with van der Waals surface area (Å²) in [5.41, 5.74) is 0. The van der Waals surface area contributed by atoms with Gasteiger partial charge in [0.1, 0.15) is 12.1 Å². The lowest BCUT2D eigenvalue weighted by Crippen LogP contribution is -2.58. The van der Waals surface area contributed by atoms with Gasteiger partial charge in [0.15, 0.2) is 0 Å². The van der Waals surface area contributed by atoms with Crippen molar-refractivity contribution in [3.63, 3.8) is 0 Å². The zero-order valence-electron chi connectivity index (χ0n) is 11.8. The number of piperidine rings is 2. The zero-order valence-corrected chi connectivity index (χ0v) is 12.6. The molecule has 0 saturated carbocycles. The molecular weight excluding hydrogens is 298 g/mol. The van der Waals surface area contributed by atoms with Crippen molar-refractivity contribution in [1.29, 1.82) is 0 Å². The van der Waals surface area contributed by atoms with Crippen LogP contribution in [0.1, 0.15) is 32.1 Å². The van der Waals surface area contributed by atoms with Crippen molar-refractivity contribution in [2.75, 3.05) is 12.8 Å². The zero-order chi connectivity index (χ0) is 15.6. The van der Waals surface area contributed by atoms with E-state index in [9.17, 15) is 22.8 Å². The van der Waals surface area contributed by atoms with Crippen LogP contribution in [0.15, 0.2) is 0 Å². The Morgan fingerprint density at radius 2 is 2.00 bits per heavy atom. The summed E-state index contributed by atoms with van der Waals surface area (Å²) in [6.07, 6.45) is 3.39. The number of hydrogen-bond acceptors (Lipinski definition) is 5. The summed E-state index contributed by atoms with van der Waals surface area (Å²) in [5, 5.41) is 4.71. The predicted octanol–water partition coefficient (Wildman–Crippen LogP) is -1.28. The Morgan fingerprint density at radius 3 is 2.62 bits per heavy atom. The smallest absolute Gasteiger partial charge is 0.249 e. The Hall–Kier alpha value is -1.48. The third kappa shape index (κ3) is 3.79. The number of carbonyl (C=O) groups is 3. The van der Waals surface area contributed by atoms with Gasteiger partial charge in [0.2, 0.25) is 27.7 Å². The summed E-state index contributed by atoms with van der Waals surface area (Å²) >= 11 is 0. The van der Waals surface area contributed by atoms with Crippen molar-refractivity contribution >= 4 is 27.7 Å². The Bertz CT molecular complexity index is 559. The highest BCUT2D eigenvalue weighted by Gasteiger charge is 2.37. The molecule has 8 nitrogen and oxygen atoms in total. The maximum absolute atomic E-state index is 12.3. The molecule has 2 rings (SSSR count). The Labute approximate surface area is 123 Å². The van der Waals surface area contributed by atoms with Gasteiger partial charge in [-0.2, -0.15) is 4.31 Å².